The van der Waals surface area contributed by atoms with E-state index in [1.165, 1.54) is 11.4 Å². The number of aromatic amines is 1. The first-order valence-corrected chi connectivity index (χ1v) is 12.2. The lowest BCUT2D eigenvalue weighted by Gasteiger charge is -2.27. The standard InChI is InChI=1S/C21H34N4O4S/c1-6-29-21(26)19(14-15(2)3)25(5)30(27,28)13-9-7-8-10-17-20-18(11-12-22-17)23-16(4)24-20/h11-12,15,19H,6-10,13-14H2,1-5H3,(H,23,24)/t19-/m0/s1. The van der Waals surface area contributed by atoms with Gasteiger partial charge >= 0.3 is 5.97 Å². The van der Waals surface area contributed by atoms with Crippen LogP contribution in [0.3, 0.4) is 0 Å². The Kier molecular flexibility index (Phi) is 8.78. The quantitative estimate of drug-likeness (QED) is 0.403. The number of unbranched alkanes of at least 4 members (excludes halogenated alkanes) is 2. The average molecular weight is 439 g/mol. The molecule has 0 spiro atoms. The molecule has 30 heavy (non-hydrogen) atoms. The molecule has 0 aliphatic rings. The van der Waals surface area contributed by atoms with E-state index in [1.807, 2.05) is 26.8 Å². The van der Waals surface area contributed by atoms with Crippen LogP contribution in [-0.2, 0) is 26.0 Å². The summed E-state index contributed by atoms with van der Waals surface area (Å²) in [6.45, 7) is 7.79. The first kappa shape index (κ1) is 24.3. The van der Waals surface area contributed by atoms with Crippen molar-refractivity contribution in [3.8, 4) is 0 Å². The molecular formula is C21H34N4O4S. The third-order valence-corrected chi connectivity index (χ3v) is 6.98. The van der Waals surface area contributed by atoms with Crippen molar-refractivity contribution in [2.24, 2.45) is 5.92 Å². The van der Waals surface area contributed by atoms with E-state index >= 15 is 0 Å². The van der Waals surface area contributed by atoms with E-state index in [9.17, 15) is 13.2 Å². The predicted molar refractivity (Wildman–Crippen MR) is 118 cm³/mol. The van der Waals surface area contributed by atoms with Crippen molar-refractivity contribution in [1.29, 1.82) is 0 Å². The number of carbonyl (C=O) groups is 1. The topological polar surface area (TPSA) is 105 Å². The number of hydrogen-bond acceptors (Lipinski definition) is 6. The molecule has 0 unspecified atom stereocenters. The van der Waals surface area contributed by atoms with Crippen LogP contribution in [-0.4, -0.2) is 59.1 Å². The zero-order chi connectivity index (χ0) is 22.3. The van der Waals surface area contributed by atoms with Gasteiger partial charge in [-0.3, -0.25) is 9.78 Å². The number of hydrogen-bond donors (Lipinski definition) is 1. The Labute approximate surface area is 179 Å². The fourth-order valence-electron chi connectivity index (χ4n) is 3.47. The number of pyridine rings is 1. The lowest BCUT2D eigenvalue weighted by molar-refractivity contribution is -0.147. The number of rotatable bonds is 12. The van der Waals surface area contributed by atoms with Gasteiger partial charge < -0.3 is 9.72 Å². The van der Waals surface area contributed by atoms with Crippen LogP contribution >= 0.6 is 0 Å². The molecule has 0 aromatic carbocycles. The van der Waals surface area contributed by atoms with Crippen molar-refractivity contribution in [1.82, 2.24) is 19.3 Å². The normalized spacial score (nSPS) is 13.3. The molecule has 0 saturated carbocycles. The number of ether oxygens (including phenoxy) is 1. The molecule has 168 valence electrons. The largest absolute Gasteiger partial charge is 0.465 e. The fourth-order valence-corrected chi connectivity index (χ4v) is 4.88. The van der Waals surface area contributed by atoms with E-state index in [-0.39, 0.29) is 18.3 Å². The van der Waals surface area contributed by atoms with Gasteiger partial charge in [-0.2, -0.15) is 4.31 Å². The Hall–Kier alpha value is -2.00. The summed E-state index contributed by atoms with van der Waals surface area (Å²) in [6.07, 6.45) is 5.05. The highest BCUT2D eigenvalue weighted by Crippen LogP contribution is 2.19. The number of esters is 1. The molecule has 8 nitrogen and oxygen atoms in total. The number of carbonyl (C=O) groups excluding carboxylic acids is 1. The number of nitrogens with one attached hydrogen (secondary N) is 1. The zero-order valence-electron chi connectivity index (χ0n) is 18.6. The highest BCUT2D eigenvalue weighted by molar-refractivity contribution is 7.89. The Morgan fingerprint density at radius 3 is 2.67 bits per heavy atom. The number of sulfonamides is 1. The van der Waals surface area contributed by atoms with Gasteiger partial charge in [0.2, 0.25) is 10.0 Å². The number of aromatic nitrogens is 3. The average Bonchev–Trinajstić information content (AvgIpc) is 3.06. The van der Waals surface area contributed by atoms with E-state index in [4.69, 9.17) is 4.74 Å². The van der Waals surface area contributed by atoms with Crippen LogP contribution in [0.2, 0.25) is 0 Å². The summed E-state index contributed by atoms with van der Waals surface area (Å²) in [4.78, 5) is 24.4. The van der Waals surface area contributed by atoms with E-state index in [0.717, 1.165) is 41.8 Å². The van der Waals surface area contributed by atoms with Gasteiger partial charge in [0.1, 0.15) is 17.4 Å². The van der Waals surface area contributed by atoms with Crippen molar-refractivity contribution >= 4 is 27.0 Å². The van der Waals surface area contributed by atoms with Gasteiger partial charge in [0.05, 0.1) is 23.6 Å². The summed E-state index contributed by atoms with van der Waals surface area (Å²) in [6, 6.07) is 1.12. The van der Waals surface area contributed by atoms with Crippen molar-refractivity contribution < 1.29 is 17.9 Å². The minimum absolute atomic E-state index is 0.0106. The number of aryl methyl sites for hydroxylation is 2. The van der Waals surface area contributed by atoms with E-state index in [2.05, 4.69) is 15.0 Å². The maximum atomic E-state index is 12.8. The van der Waals surface area contributed by atoms with Gasteiger partial charge in [-0.05, 0) is 51.5 Å². The summed E-state index contributed by atoms with van der Waals surface area (Å²) in [5.74, 6) is 0.561. The number of likely N-dealkylation sites (N-methyl/N-ethyl adjacent to an activating group) is 1. The van der Waals surface area contributed by atoms with Crippen LogP contribution in [0.25, 0.3) is 11.0 Å². The summed E-state index contributed by atoms with van der Waals surface area (Å²) in [5, 5.41) is 0. The Morgan fingerprint density at radius 1 is 1.27 bits per heavy atom. The molecule has 0 aliphatic carbocycles. The van der Waals surface area contributed by atoms with Crippen LogP contribution in [0.4, 0.5) is 0 Å². The molecule has 0 amide bonds. The highest BCUT2D eigenvalue weighted by Gasteiger charge is 2.32. The number of fused-ring (bicyclic) bond motifs is 1. The molecule has 1 N–H and O–H groups in total. The van der Waals surface area contributed by atoms with Gasteiger partial charge in [0.25, 0.3) is 0 Å². The molecule has 0 bridgehead atoms. The molecular weight excluding hydrogens is 404 g/mol. The molecule has 0 saturated heterocycles. The first-order valence-electron chi connectivity index (χ1n) is 10.6. The van der Waals surface area contributed by atoms with E-state index in [0.29, 0.717) is 12.8 Å². The lowest BCUT2D eigenvalue weighted by atomic mass is 10.0. The number of nitrogens with zero attached hydrogens (tertiary/aromatic N) is 3. The fraction of sp³-hybridized carbons (Fsp3) is 0.667. The van der Waals surface area contributed by atoms with Gasteiger partial charge in [-0.15, -0.1) is 0 Å². The molecule has 2 heterocycles. The van der Waals surface area contributed by atoms with Crippen LogP contribution < -0.4 is 0 Å². The maximum absolute atomic E-state index is 12.8. The SMILES string of the molecule is CCOC(=O)[C@H](CC(C)C)N(C)S(=O)(=O)CCCCCc1nccc2[nH]c(C)nc12. The minimum atomic E-state index is -3.55. The molecule has 1 atom stereocenters. The Morgan fingerprint density at radius 2 is 2.00 bits per heavy atom. The third kappa shape index (κ3) is 6.50. The first-order chi connectivity index (χ1) is 14.2. The van der Waals surface area contributed by atoms with Crippen LogP contribution in [0.5, 0.6) is 0 Å². The number of imidazole rings is 1. The second-order valence-corrected chi connectivity index (χ2v) is 10.2. The van der Waals surface area contributed by atoms with Gasteiger partial charge in [0, 0.05) is 13.2 Å². The van der Waals surface area contributed by atoms with E-state index in [1.54, 1.807) is 13.1 Å². The van der Waals surface area contributed by atoms with Gasteiger partial charge in [0.15, 0.2) is 0 Å². The Bertz CT molecular complexity index is 940. The smallest absolute Gasteiger partial charge is 0.324 e. The molecule has 2 rings (SSSR count). The molecule has 2 aromatic rings. The van der Waals surface area contributed by atoms with Crippen LogP contribution in [0, 0.1) is 12.8 Å². The summed E-state index contributed by atoms with van der Waals surface area (Å²) in [5.41, 5.74) is 2.78. The van der Waals surface area contributed by atoms with Crippen LogP contribution in [0.15, 0.2) is 12.3 Å². The van der Waals surface area contributed by atoms with Gasteiger partial charge in [-0.25, -0.2) is 13.4 Å². The monoisotopic (exact) mass is 438 g/mol. The van der Waals surface area contributed by atoms with Crippen molar-refractivity contribution in [3.63, 3.8) is 0 Å². The van der Waals surface area contributed by atoms with Crippen molar-refractivity contribution in [2.45, 2.75) is 65.8 Å². The summed E-state index contributed by atoms with van der Waals surface area (Å²) >= 11 is 0. The third-order valence-electron chi connectivity index (χ3n) is 5.04. The summed E-state index contributed by atoms with van der Waals surface area (Å²) < 4.78 is 31.8. The van der Waals surface area contributed by atoms with Crippen LogP contribution in [0.1, 0.15) is 58.0 Å². The molecule has 2 aromatic heterocycles. The van der Waals surface area contributed by atoms with Crippen molar-refractivity contribution in [2.75, 3.05) is 19.4 Å². The number of H-pyrrole nitrogens is 1. The van der Waals surface area contributed by atoms with Crippen molar-refractivity contribution in [3.05, 3.63) is 23.8 Å². The molecule has 0 aliphatic heterocycles. The second kappa shape index (κ2) is 10.9. The lowest BCUT2D eigenvalue weighted by Crippen LogP contribution is -2.45. The maximum Gasteiger partial charge on any atom is 0.324 e. The highest BCUT2D eigenvalue weighted by atomic mass is 32.2. The Balaban J connectivity index is 1.89. The van der Waals surface area contributed by atoms with Gasteiger partial charge in [-0.1, -0.05) is 20.3 Å². The predicted octanol–water partition coefficient (Wildman–Crippen LogP) is 3.22. The van der Waals surface area contributed by atoms with E-state index < -0.39 is 22.0 Å². The molecule has 0 fully saturated rings. The molecule has 0 radical (unpaired) electrons. The zero-order valence-corrected chi connectivity index (χ0v) is 19.5. The second-order valence-electron chi connectivity index (χ2n) is 8.02. The minimum Gasteiger partial charge on any atom is -0.465 e. The summed E-state index contributed by atoms with van der Waals surface area (Å²) in [7, 11) is -2.07. The molecule has 9 heteroatoms.